The molecule has 17 heavy (non-hydrogen) atoms. The summed E-state index contributed by atoms with van der Waals surface area (Å²) in [5, 5.41) is 6.76. The molecule has 0 saturated heterocycles. The third kappa shape index (κ3) is 2.93. The van der Waals surface area contributed by atoms with E-state index < -0.39 is 0 Å². The fraction of sp³-hybridized carbons (Fsp3) is 0.231. The van der Waals surface area contributed by atoms with Crippen LogP contribution in [0.3, 0.4) is 0 Å². The van der Waals surface area contributed by atoms with E-state index in [2.05, 4.69) is 10.2 Å². The number of nitrogens with zero attached hydrogens (tertiary/aromatic N) is 2. The fourth-order valence-electron chi connectivity index (χ4n) is 1.61. The van der Waals surface area contributed by atoms with Gasteiger partial charge in [-0.3, -0.25) is 9.89 Å². The molecule has 0 aliphatic carbocycles. The smallest absolute Gasteiger partial charge is 0.253 e. The number of nitrogens with one attached hydrogen (secondary N) is 1. The molecule has 1 amide bonds. The lowest BCUT2D eigenvalue weighted by Gasteiger charge is -2.16. The number of likely N-dealkylation sites (N-methyl/N-ethyl adjacent to an activating group) is 1. The molecule has 0 spiro atoms. The zero-order valence-corrected chi connectivity index (χ0v) is 9.76. The minimum absolute atomic E-state index is 0.0464. The standard InChI is InChI=1S/C13H15N3O/c1-16(10-8-12-7-9-14-15-12)13(17)11-5-3-2-4-6-11/h2-7,9H,8,10H2,1H3,(H,14,15). The van der Waals surface area contributed by atoms with Crippen molar-refractivity contribution in [2.24, 2.45) is 0 Å². The number of hydrogen-bond donors (Lipinski definition) is 1. The molecule has 1 aromatic carbocycles. The van der Waals surface area contributed by atoms with E-state index in [0.717, 1.165) is 17.7 Å². The molecule has 1 aromatic heterocycles. The Morgan fingerprint density at radius 3 is 2.71 bits per heavy atom. The summed E-state index contributed by atoms with van der Waals surface area (Å²) in [6, 6.07) is 11.2. The van der Waals surface area contributed by atoms with E-state index >= 15 is 0 Å². The third-order valence-electron chi connectivity index (χ3n) is 2.64. The van der Waals surface area contributed by atoms with Crippen molar-refractivity contribution in [3.8, 4) is 0 Å². The lowest BCUT2D eigenvalue weighted by molar-refractivity contribution is 0.0796. The number of aromatic amines is 1. The highest BCUT2D eigenvalue weighted by Crippen LogP contribution is 2.04. The number of aromatic nitrogens is 2. The summed E-state index contributed by atoms with van der Waals surface area (Å²) in [7, 11) is 1.81. The first-order valence-electron chi connectivity index (χ1n) is 5.56. The molecule has 2 aromatic rings. The molecule has 1 heterocycles. The van der Waals surface area contributed by atoms with E-state index in [1.54, 1.807) is 11.1 Å². The molecule has 2 rings (SSSR count). The first-order chi connectivity index (χ1) is 8.27. The van der Waals surface area contributed by atoms with Gasteiger partial charge in [0.2, 0.25) is 0 Å². The molecule has 1 N–H and O–H groups in total. The molecule has 4 heteroatoms. The zero-order valence-electron chi connectivity index (χ0n) is 9.76. The zero-order chi connectivity index (χ0) is 12.1. The highest BCUT2D eigenvalue weighted by Gasteiger charge is 2.10. The van der Waals surface area contributed by atoms with Crippen LogP contribution in [0, 0.1) is 0 Å². The Morgan fingerprint density at radius 1 is 1.29 bits per heavy atom. The van der Waals surface area contributed by atoms with Gasteiger partial charge in [0.1, 0.15) is 0 Å². The van der Waals surface area contributed by atoms with E-state index in [0.29, 0.717) is 6.54 Å². The quantitative estimate of drug-likeness (QED) is 0.867. The molecular formula is C13H15N3O. The molecule has 4 nitrogen and oxygen atoms in total. The van der Waals surface area contributed by atoms with Gasteiger partial charge in [-0.05, 0) is 18.2 Å². The highest BCUT2D eigenvalue weighted by atomic mass is 16.2. The molecule has 0 saturated carbocycles. The van der Waals surface area contributed by atoms with E-state index in [9.17, 15) is 4.79 Å². The second kappa shape index (κ2) is 5.30. The molecule has 0 bridgehead atoms. The van der Waals surface area contributed by atoms with Crippen LogP contribution in [0.4, 0.5) is 0 Å². The van der Waals surface area contributed by atoms with Crippen molar-refractivity contribution in [2.75, 3.05) is 13.6 Å². The van der Waals surface area contributed by atoms with Crippen molar-refractivity contribution < 1.29 is 4.79 Å². The largest absolute Gasteiger partial charge is 0.341 e. The average molecular weight is 229 g/mol. The number of benzene rings is 1. The molecule has 0 aliphatic heterocycles. The van der Waals surface area contributed by atoms with Crippen molar-refractivity contribution in [3.63, 3.8) is 0 Å². The Bertz CT molecular complexity index is 465. The normalized spacial score (nSPS) is 10.2. The number of rotatable bonds is 4. The lowest BCUT2D eigenvalue weighted by Crippen LogP contribution is -2.28. The second-order valence-corrected chi connectivity index (χ2v) is 3.92. The van der Waals surface area contributed by atoms with Crippen LogP contribution in [-0.2, 0) is 6.42 Å². The van der Waals surface area contributed by atoms with E-state index in [1.165, 1.54) is 0 Å². The summed E-state index contributed by atoms with van der Waals surface area (Å²) in [5.74, 6) is 0.0464. The van der Waals surface area contributed by atoms with Gasteiger partial charge in [0.25, 0.3) is 5.91 Å². The summed E-state index contributed by atoms with van der Waals surface area (Å²) in [5.41, 5.74) is 1.76. The second-order valence-electron chi connectivity index (χ2n) is 3.92. The fourth-order valence-corrected chi connectivity index (χ4v) is 1.61. The predicted octanol–water partition coefficient (Wildman–Crippen LogP) is 1.72. The van der Waals surface area contributed by atoms with Gasteiger partial charge in [-0.15, -0.1) is 0 Å². The Labute approximate surface area is 100 Å². The van der Waals surface area contributed by atoms with Gasteiger partial charge in [0, 0.05) is 37.5 Å². The molecular weight excluding hydrogens is 214 g/mol. The number of carbonyl (C=O) groups excluding carboxylic acids is 1. The minimum Gasteiger partial charge on any atom is -0.341 e. The van der Waals surface area contributed by atoms with Crippen molar-refractivity contribution in [3.05, 3.63) is 53.9 Å². The first kappa shape index (κ1) is 11.4. The van der Waals surface area contributed by atoms with Crippen LogP contribution in [0.2, 0.25) is 0 Å². The Balaban J connectivity index is 1.92. The predicted molar refractivity (Wildman–Crippen MR) is 65.7 cm³/mol. The maximum absolute atomic E-state index is 12.0. The summed E-state index contributed by atoms with van der Waals surface area (Å²) in [6.45, 7) is 0.677. The number of carbonyl (C=O) groups is 1. The monoisotopic (exact) mass is 229 g/mol. The maximum atomic E-state index is 12.0. The van der Waals surface area contributed by atoms with Crippen molar-refractivity contribution >= 4 is 5.91 Å². The van der Waals surface area contributed by atoms with Gasteiger partial charge in [0.15, 0.2) is 0 Å². The van der Waals surface area contributed by atoms with Gasteiger partial charge in [-0.25, -0.2) is 0 Å². The Hall–Kier alpha value is -2.10. The van der Waals surface area contributed by atoms with Crippen LogP contribution >= 0.6 is 0 Å². The SMILES string of the molecule is CN(CCc1ccn[nH]1)C(=O)c1ccccc1. The van der Waals surface area contributed by atoms with Gasteiger partial charge >= 0.3 is 0 Å². The average Bonchev–Trinajstić information content (AvgIpc) is 2.89. The molecule has 0 unspecified atom stereocenters. The van der Waals surface area contributed by atoms with Crippen molar-refractivity contribution in [1.82, 2.24) is 15.1 Å². The van der Waals surface area contributed by atoms with E-state index in [1.807, 2.05) is 43.4 Å². The topological polar surface area (TPSA) is 49.0 Å². The first-order valence-corrected chi connectivity index (χ1v) is 5.56. The molecule has 0 radical (unpaired) electrons. The molecule has 88 valence electrons. The van der Waals surface area contributed by atoms with E-state index in [-0.39, 0.29) is 5.91 Å². The van der Waals surface area contributed by atoms with Crippen LogP contribution < -0.4 is 0 Å². The third-order valence-corrected chi connectivity index (χ3v) is 2.64. The minimum atomic E-state index is 0.0464. The van der Waals surface area contributed by atoms with Crippen LogP contribution in [0.1, 0.15) is 16.1 Å². The highest BCUT2D eigenvalue weighted by molar-refractivity contribution is 5.93. The molecule has 0 fully saturated rings. The van der Waals surface area contributed by atoms with Crippen LogP contribution in [-0.4, -0.2) is 34.6 Å². The van der Waals surface area contributed by atoms with Gasteiger partial charge < -0.3 is 4.90 Å². The Morgan fingerprint density at radius 2 is 2.06 bits per heavy atom. The van der Waals surface area contributed by atoms with Gasteiger partial charge in [-0.2, -0.15) is 5.10 Å². The summed E-state index contributed by atoms with van der Waals surface area (Å²) in [6.07, 6.45) is 2.50. The van der Waals surface area contributed by atoms with Crippen molar-refractivity contribution in [2.45, 2.75) is 6.42 Å². The summed E-state index contributed by atoms with van der Waals surface area (Å²) >= 11 is 0. The number of amides is 1. The van der Waals surface area contributed by atoms with Crippen LogP contribution in [0.5, 0.6) is 0 Å². The van der Waals surface area contributed by atoms with Gasteiger partial charge in [-0.1, -0.05) is 18.2 Å². The molecule has 0 atom stereocenters. The Kier molecular flexibility index (Phi) is 3.55. The van der Waals surface area contributed by atoms with Gasteiger partial charge in [0.05, 0.1) is 0 Å². The molecule has 0 aliphatic rings. The summed E-state index contributed by atoms with van der Waals surface area (Å²) < 4.78 is 0. The van der Waals surface area contributed by atoms with Crippen LogP contribution in [0.25, 0.3) is 0 Å². The number of H-pyrrole nitrogens is 1. The van der Waals surface area contributed by atoms with E-state index in [4.69, 9.17) is 0 Å². The van der Waals surface area contributed by atoms with Crippen LogP contribution in [0.15, 0.2) is 42.6 Å². The van der Waals surface area contributed by atoms with Crippen molar-refractivity contribution in [1.29, 1.82) is 0 Å². The number of hydrogen-bond acceptors (Lipinski definition) is 2. The summed E-state index contributed by atoms with van der Waals surface area (Å²) in [4.78, 5) is 13.7. The lowest BCUT2D eigenvalue weighted by atomic mass is 10.2. The maximum Gasteiger partial charge on any atom is 0.253 e.